The molecular formula is C13H12O2. The predicted molar refractivity (Wildman–Crippen MR) is 61.9 cm³/mol. The van der Waals surface area contributed by atoms with Crippen LogP contribution in [0.25, 0.3) is 16.3 Å². The minimum atomic E-state index is 0.450. The molecule has 0 aliphatic rings. The third kappa shape index (κ3) is 1.85. The van der Waals surface area contributed by atoms with Crippen LogP contribution in [-0.4, -0.2) is 5.26 Å². The molecule has 0 bridgehead atoms. The van der Waals surface area contributed by atoms with Crippen LogP contribution >= 0.6 is 0 Å². The quantitative estimate of drug-likeness (QED) is 0.591. The van der Waals surface area contributed by atoms with Gasteiger partial charge in [-0.3, -0.25) is 0 Å². The first-order valence-corrected chi connectivity index (χ1v) is 4.72. The molecule has 0 aliphatic carbocycles. The first kappa shape index (κ1) is 9.74. The summed E-state index contributed by atoms with van der Waals surface area (Å²) in [5.74, 6) is 0.450. The molecule has 0 saturated heterocycles. The minimum Gasteiger partial charge on any atom is -0.340 e. The summed E-state index contributed by atoms with van der Waals surface area (Å²) in [4.78, 5) is 4.18. The maximum absolute atomic E-state index is 8.53. The fourth-order valence-electron chi connectivity index (χ4n) is 1.55. The second-order valence-corrected chi connectivity index (χ2v) is 3.60. The van der Waals surface area contributed by atoms with Gasteiger partial charge in [-0.1, -0.05) is 30.4 Å². The fraction of sp³-hybridized carbons (Fsp3) is 0.0769. The summed E-state index contributed by atoms with van der Waals surface area (Å²) in [6, 6.07) is 11.5. The van der Waals surface area contributed by atoms with Crippen LogP contribution in [0.15, 0.2) is 43.0 Å². The van der Waals surface area contributed by atoms with Gasteiger partial charge in [-0.25, -0.2) is 5.26 Å². The van der Waals surface area contributed by atoms with E-state index in [0.29, 0.717) is 5.75 Å². The van der Waals surface area contributed by atoms with Crippen molar-refractivity contribution in [1.82, 2.24) is 0 Å². The minimum absolute atomic E-state index is 0.450. The maximum atomic E-state index is 8.53. The van der Waals surface area contributed by atoms with Gasteiger partial charge in [-0.15, -0.1) is 0 Å². The Balaban J connectivity index is 2.59. The highest BCUT2D eigenvalue weighted by Gasteiger charge is 1.99. The maximum Gasteiger partial charge on any atom is 0.165 e. The van der Waals surface area contributed by atoms with Crippen LogP contribution in [0.5, 0.6) is 5.75 Å². The molecule has 2 aromatic rings. The average Bonchev–Trinajstić information content (AvgIpc) is 2.27. The van der Waals surface area contributed by atoms with Gasteiger partial charge in [-0.05, 0) is 41.5 Å². The third-order valence-corrected chi connectivity index (χ3v) is 2.41. The molecule has 2 heteroatoms. The smallest absolute Gasteiger partial charge is 0.165 e. The lowest BCUT2D eigenvalue weighted by Crippen LogP contribution is -1.84. The lowest BCUT2D eigenvalue weighted by molar-refractivity contribution is -0.137. The zero-order valence-electron chi connectivity index (χ0n) is 8.53. The van der Waals surface area contributed by atoms with Gasteiger partial charge < -0.3 is 4.89 Å². The van der Waals surface area contributed by atoms with Gasteiger partial charge >= 0.3 is 0 Å². The van der Waals surface area contributed by atoms with Crippen LogP contribution in [0.3, 0.4) is 0 Å². The Labute approximate surface area is 88.4 Å². The highest BCUT2D eigenvalue weighted by Crippen LogP contribution is 2.23. The van der Waals surface area contributed by atoms with Crippen molar-refractivity contribution in [3.8, 4) is 5.75 Å². The fourth-order valence-corrected chi connectivity index (χ4v) is 1.55. The van der Waals surface area contributed by atoms with Crippen LogP contribution in [0.2, 0.25) is 0 Å². The molecule has 0 spiro atoms. The second kappa shape index (κ2) is 3.75. The number of benzene rings is 2. The molecule has 2 rings (SSSR count). The molecular weight excluding hydrogens is 188 g/mol. The first-order valence-electron chi connectivity index (χ1n) is 4.72. The van der Waals surface area contributed by atoms with Crippen molar-refractivity contribution in [3.63, 3.8) is 0 Å². The standard InChI is InChI=1S/C13H12O2/c1-9(2)10-3-4-12-8-13(15-14)6-5-11(12)7-10/h3-8,14H,1H2,2H3. The van der Waals surface area contributed by atoms with Gasteiger partial charge in [0.25, 0.3) is 0 Å². The van der Waals surface area contributed by atoms with Gasteiger partial charge in [-0.2, -0.15) is 0 Å². The number of allylic oxidation sites excluding steroid dienone is 1. The molecule has 0 saturated carbocycles. The topological polar surface area (TPSA) is 29.5 Å². The summed E-state index contributed by atoms with van der Waals surface area (Å²) in [6.07, 6.45) is 0. The van der Waals surface area contributed by atoms with Crippen molar-refractivity contribution < 1.29 is 10.1 Å². The predicted octanol–water partition coefficient (Wildman–Crippen LogP) is 3.72. The van der Waals surface area contributed by atoms with E-state index >= 15 is 0 Å². The van der Waals surface area contributed by atoms with Gasteiger partial charge in [0.05, 0.1) is 0 Å². The number of fused-ring (bicyclic) bond motifs is 1. The zero-order valence-corrected chi connectivity index (χ0v) is 8.53. The molecule has 0 radical (unpaired) electrons. The molecule has 0 amide bonds. The van der Waals surface area contributed by atoms with E-state index in [0.717, 1.165) is 21.9 Å². The molecule has 0 atom stereocenters. The van der Waals surface area contributed by atoms with Crippen molar-refractivity contribution in [2.24, 2.45) is 0 Å². The average molecular weight is 200 g/mol. The van der Waals surface area contributed by atoms with E-state index in [9.17, 15) is 0 Å². The normalized spacial score (nSPS) is 10.3. The molecule has 76 valence electrons. The molecule has 0 unspecified atom stereocenters. The van der Waals surface area contributed by atoms with E-state index in [2.05, 4.69) is 17.5 Å². The second-order valence-electron chi connectivity index (χ2n) is 3.60. The van der Waals surface area contributed by atoms with Crippen LogP contribution in [0.4, 0.5) is 0 Å². The molecule has 15 heavy (non-hydrogen) atoms. The van der Waals surface area contributed by atoms with Crippen LogP contribution in [0.1, 0.15) is 12.5 Å². The number of rotatable bonds is 2. The van der Waals surface area contributed by atoms with E-state index in [1.807, 2.05) is 25.1 Å². The van der Waals surface area contributed by atoms with Gasteiger partial charge in [0.15, 0.2) is 5.75 Å². The van der Waals surface area contributed by atoms with E-state index in [4.69, 9.17) is 5.26 Å². The lowest BCUT2D eigenvalue weighted by atomic mass is 10.0. The monoisotopic (exact) mass is 200 g/mol. The van der Waals surface area contributed by atoms with Crippen molar-refractivity contribution in [2.75, 3.05) is 0 Å². The summed E-state index contributed by atoms with van der Waals surface area (Å²) in [6.45, 7) is 5.88. The largest absolute Gasteiger partial charge is 0.340 e. The summed E-state index contributed by atoms with van der Waals surface area (Å²) in [5, 5.41) is 10.7. The SMILES string of the molecule is C=C(C)c1ccc2cc(OO)ccc2c1. The molecule has 1 N–H and O–H groups in total. The van der Waals surface area contributed by atoms with Crippen molar-refractivity contribution in [2.45, 2.75) is 6.92 Å². The highest BCUT2D eigenvalue weighted by molar-refractivity contribution is 5.87. The van der Waals surface area contributed by atoms with Crippen molar-refractivity contribution in [3.05, 3.63) is 48.5 Å². The van der Waals surface area contributed by atoms with Crippen LogP contribution < -0.4 is 4.89 Å². The first-order chi connectivity index (χ1) is 7.20. The van der Waals surface area contributed by atoms with E-state index in [-0.39, 0.29) is 0 Å². The van der Waals surface area contributed by atoms with Gasteiger partial charge in [0, 0.05) is 0 Å². The van der Waals surface area contributed by atoms with Crippen LogP contribution in [-0.2, 0) is 0 Å². The van der Waals surface area contributed by atoms with Crippen molar-refractivity contribution >= 4 is 16.3 Å². The molecule has 0 aliphatic heterocycles. The summed E-state index contributed by atoms with van der Waals surface area (Å²) in [7, 11) is 0. The van der Waals surface area contributed by atoms with Crippen LogP contribution in [0, 0.1) is 0 Å². The lowest BCUT2D eigenvalue weighted by Gasteiger charge is -2.04. The Morgan fingerprint density at radius 2 is 1.80 bits per heavy atom. The number of hydrogen-bond donors (Lipinski definition) is 1. The Morgan fingerprint density at radius 1 is 1.13 bits per heavy atom. The molecule has 0 fully saturated rings. The number of hydrogen-bond acceptors (Lipinski definition) is 2. The molecule has 0 heterocycles. The molecule has 0 aromatic heterocycles. The van der Waals surface area contributed by atoms with Crippen molar-refractivity contribution in [1.29, 1.82) is 0 Å². The summed E-state index contributed by atoms with van der Waals surface area (Å²) >= 11 is 0. The Kier molecular flexibility index (Phi) is 2.44. The summed E-state index contributed by atoms with van der Waals surface area (Å²) < 4.78 is 0. The van der Waals surface area contributed by atoms with E-state index < -0.39 is 0 Å². The van der Waals surface area contributed by atoms with Gasteiger partial charge in [0.1, 0.15) is 0 Å². The molecule has 2 aromatic carbocycles. The van der Waals surface area contributed by atoms with E-state index in [1.165, 1.54) is 0 Å². The Morgan fingerprint density at radius 3 is 2.47 bits per heavy atom. The van der Waals surface area contributed by atoms with Gasteiger partial charge in [0.2, 0.25) is 0 Å². The zero-order chi connectivity index (χ0) is 10.8. The summed E-state index contributed by atoms with van der Waals surface area (Å²) in [5.41, 5.74) is 2.17. The molecule has 2 nitrogen and oxygen atoms in total. The Hall–Kier alpha value is -1.80. The van der Waals surface area contributed by atoms with E-state index in [1.54, 1.807) is 12.1 Å². The highest BCUT2D eigenvalue weighted by atomic mass is 17.1. The third-order valence-electron chi connectivity index (χ3n) is 2.41. The Bertz CT molecular complexity index is 515.